The van der Waals surface area contributed by atoms with Crippen LogP contribution in [0.1, 0.15) is 35.6 Å². The van der Waals surface area contributed by atoms with Gasteiger partial charge in [-0.3, -0.25) is 0 Å². The van der Waals surface area contributed by atoms with E-state index in [1.165, 1.54) is 22.3 Å². The summed E-state index contributed by atoms with van der Waals surface area (Å²) in [5, 5.41) is 0. The van der Waals surface area contributed by atoms with Gasteiger partial charge < -0.3 is 10.5 Å². The summed E-state index contributed by atoms with van der Waals surface area (Å²) in [5.74, 6) is 1.81. The lowest BCUT2D eigenvalue weighted by molar-refractivity contribution is 0.477. The molecule has 2 heteroatoms. The maximum atomic E-state index is 6.04. The van der Waals surface area contributed by atoms with Gasteiger partial charge in [0.1, 0.15) is 11.5 Å². The van der Waals surface area contributed by atoms with Gasteiger partial charge in [0.25, 0.3) is 0 Å². The molecule has 0 aliphatic heterocycles. The molecule has 0 spiro atoms. The van der Waals surface area contributed by atoms with Crippen molar-refractivity contribution in [3.05, 3.63) is 58.7 Å². The summed E-state index contributed by atoms with van der Waals surface area (Å²) in [6, 6.07) is 12.6. The molecule has 0 bridgehead atoms. The first kappa shape index (κ1) is 15.6. The van der Waals surface area contributed by atoms with E-state index >= 15 is 0 Å². The highest BCUT2D eigenvalue weighted by molar-refractivity contribution is 5.43. The van der Waals surface area contributed by atoms with Gasteiger partial charge >= 0.3 is 0 Å². The van der Waals surface area contributed by atoms with E-state index in [2.05, 4.69) is 45.9 Å². The van der Waals surface area contributed by atoms with Gasteiger partial charge in [-0.1, -0.05) is 25.1 Å². The smallest absolute Gasteiger partial charge is 0.130 e. The highest BCUT2D eigenvalue weighted by Crippen LogP contribution is 2.28. The monoisotopic (exact) mass is 283 g/mol. The Morgan fingerprint density at radius 1 is 1.05 bits per heavy atom. The first-order valence-electron chi connectivity index (χ1n) is 7.60. The number of aryl methyl sites for hydroxylation is 2. The Hall–Kier alpha value is -1.80. The third kappa shape index (κ3) is 3.85. The van der Waals surface area contributed by atoms with Crippen molar-refractivity contribution in [2.45, 2.75) is 46.6 Å². The highest BCUT2D eigenvalue weighted by atomic mass is 16.5. The molecule has 0 aliphatic carbocycles. The van der Waals surface area contributed by atoms with Gasteiger partial charge in [-0.2, -0.15) is 0 Å². The normalized spacial score (nSPS) is 12.2. The summed E-state index contributed by atoms with van der Waals surface area (Å²) in [6.07, 6.45) is 1.92. The summed E-state index contributed by atoms with van der Waals surface area (Å²) < 4.78 is 6.03. The fourth-order valence-electron chi connectivity index (χ4n) is 2.35. The predicted octanol–water partition coefficient (Wildman–Crippen LogP) is 4.68. The van der Waals surface area contributed by atoms with Gasteiger partial charge in [-0.25, -0.2) is 0 Å². The van der Waals surface area contributed by atoms with Crippen LogP contribution < -0.4 is 10.5 Å². The first-order valence-corrected chi connectivity index (χ1v) is 7.60. The predicted molar refractivity (Wildman–Crippen MR) is 89.1 cm³/mol. The lowest BCUT2D eigenvalue weighted by Gasteiger charge is -2.14. The molecule has 0 heterocycles. The number of nitrogens with two attached hydrogens (primary N) is 1. The Kier molecular flexibility index (Phi) is 5.03. The Bertz CT molecular complexity index is 619. The topological polar surface area (TPSA) is 35.2 Å². The number of hydrogen-bond donors (Lipinski definition) is 1. The van der Waals surface area contributed by atoms with Crippen LogP contribution in [0.3, 0.4) is 0 Å². The van der Waals surface area contributed by atoms with E-state index in [0.29, 0.717) is 0 Å². The Morgan fingerprint density at radius 3 is 2.48 bits per heavy atom. The van der Waals surface area contributed by atoms with Gasteiger partial charge in [-0.15, -0.1) is 0 Å². The third-order valence-corrected chi connectivity index (χ3v) is 4.10. The molecule has 0 radical (unpaired) electrons. The lowest BCUT2D eigenvalue weighted by atomic mass is 10.00. The molecule has 0 saturated carbocycles. The standard InChI is InChI=1S/C19H25NO/c1-5-17(20)12-16-9-10-18(11-14(16)3)21-19-8-6-7-13(2)15(19)4/h6-11,17H,5,12,20H2,1-4H3. The molecular formula is C19H25NO. The van der Waals surface area contributed by atoms with Crippen molar-refractivity contribution in [1.82, 2.24) is 0 Å². The molecule has 0 fully saturated rings. The van der Waals surface area contributed by atoms with E-state index in [-0.39, 0.29) is 6.04 Å². The van der Waals surface area contributed by atoms with Crippen LogP contribution in [0, 0.1) is 20.8 Å². The molecule has 2 N–H and O–H groups in total. The fourth-order valence-corrected chi connectivity index (χ4v) is 2.35. The quantitative estimate of drug-likeness (QED) is 0.864. The molecule has 21 heavy (non-hydrogen) atoms. The zero-order valence-corrected chi connectivity index (χ0v) is 13.4. The maximum Gasteiger partial charge on any atom is 0.130 e. The van der Waals surface area contributed by atoms with E-state index in [1.807, 2.05) is 18.2 Å². The fraction of sp³-hybridized carbons (Fsp3) is 0.368. The average Bonchev–Trinajstić information content (AvgIpc) is 2.46. The summed E-state index contributed by atoms with van der Waals surface area (Å²) in [6.45, 7) is 8.43. The van der Waals surface area contributed by atoms with E-state index in [1.54, 1.807) is 0 Å². The molecule has 2 rings (SSSR count). The maximum absolute atomic E-state index is 6.04. The summed E-state index contributed by atoms with van der Waals surface area (Å²) in [4.78, 5) is 0. The van der Waals surface area contributed by atoms with Crippen molar-refractivity contribution in [3.8, 4) is 11.5 Å². The molecule has 0 aliphatic rings. The van der Waals surface area contributed by atoms with Gasteiger partial charge in [0.15, 0.2) is 0 Å². The van der Waals surface area contributed by atoms with Crippen LogP contribution in [-0.4, -0.2) is 6.04 Å². The van der Waals surface area contributed by atoms with Crippen LogP contribution in [0.15, 0.2) is 36.4 Å². The Morgan fingerprint density at radius 2 is 1.81 bits per heavy atom. The SMILES string of the molecule is CCC(N)Cc1ccc(Oc2cccc(C)c2C)cc1C. The Labute approximate surface area is 127 Å². The number of ether oxygens (including phenoxy) is 1. The molecular weight excluding hydrogens is 258 g/mol. The van der Waals surface area contributed by atoms with Crippen molar-refractivity contribution in [1.29, 1.82) is 0 Å². The van der Waals surface area contributed by atoms with Crippen LogP contribution in [0.2, 0.25) is 0 Å². The van der Waals surface area contributed by atoms with Crippen molar-refractivity contribution in [3.63, 3.8) is 0 Å². The molecule has 1 unspecified atom stereocenters. The highest BCUT2D eigenvalue weighted by Gasteiger charge is 2.07. The minimum Gasteiger partial charge on any atom is -0.457 e. The van der Waals surface area contributed by atoms with Crippen molar-refractivity contribution in [2.75, 3.05) is 0 Å². The minimum atomic E-state index is 0.231. The van der Waals surface area contributed by atoms with E-state index in [4.69, 9.17) is 10.5 Å². The molecule has 0 amide bonds. The number of rotatable bonds is 5. The molecule has 2 aromatic carbocycles. The number of hydrogen-bond acceptors (Lipinski definition) is 2. The minimum absolute atomic E-state index is 0.231. The van der Waals surface area contributed by atoms with Crippen molar-refractivity contribution >= 4 is 0 Å². The first-order chi connectivity index (χ1) is 10.0. The second kappa shape index (κ2) is 6.77. The van der Waals surface area contributed by atoms with Crippen LogP contribution in [0.5, 0.6) is 11.5 Å². The molecule has 0 saturated heterocycles. The number of benzene rings is 2. The second-order valence-electron chi connectivity index (χ2n) is 5.76. The van der Waals surface area contributed by atoms with Gasteiger partial charge in [0.05, 0.1) is 0 Å². The zero-order valence-electron chi connectivity index (χ0n) is 13.4. The van der Waals surface area contributed by atoms with Crippen LogP contribution in [-0.2, 0) is 6.42 Å². The lowest BCUT2D eigenvalue weighted by Crippen LogP contribution is -2.21. The van der Waals surface area contributed by atoms with Crippen molar-refractivity contribution < 1.29 is 4.74 Å². The van der Waals surface area contributed by atoms with Crippen LogP contribution in [0.4, 0.5) is 0 Å². The van der Waals surface area contributed by atoms with E-state index in [9.17, 15) is 0 Å². The summed E-state index contributed by atoms with van der Waals surface area (Å²) in [7, 11) is 0. The average molecular weight is 283 g/mol. The van der Waals surface area contributed by atoms with Gasteiger partial charge in [-0.05, 0) is 74.1 Å². The largest absolute Gasteiger partial charge is 0.457 e. The van der Waals surface area contributed by atoms with E-state index in [0.717, 1.165) is 24.3 Å². The van der Waals surface area contributed by atoms with Gasteiger partial charge in [0.2, 0.25) is 0 Å². The third-order valence-electron chi connectivity index (χ3n) is 4.10. The van der Waals surface area contributed by atoms with Crippen LogP contribution >= 0.6 is 0 Å². The Balaban J connectivity index is 2.18. The summed E-state index contributed by atoms with van der Waals surface area (Å²) in [5.41, 5.74) is 11.0. The molecule has 1 atom stereocenters. The molecule has 112 valence electrons. The molecule has 0 aromatic heterocycles. The van der Waals surface area contributed by atoms with Crippen molar-refractivity contribution in [2.24, 2.45) is 5.73 Å². The molecule has 2 aromatic rings. The van der Waals surface area contributed by atoms with Crippen LogP contribution in [0.25, 0.3) is 0 Å². The zero-order chi connectivity index (χ0) is 15.4. The van der Waals surface area contributed by atoms with Gasteiger partial charge in [0, 0.05) is 6.04 Å². The van der Waals surface area contributed by atoms with E-state index < -0.39 is 0 Å². The molecule has 2 nitrogen and oxygen atoms in total. The summed E-state index contributed by atoms with van der Waals surface area (Å²) >= 11 is 0. The second-order valence-corrected chi connectivity index (χ2v) is 5.76.